The summed E-state index contributed by atoms with van der Waals surface area (Å²) in [5.41, 5.74) is 3.34. The van der Waals surface area contributed by atoms with Gasteiger partial charge in [-0.2, -0.15) is 0 Å². The van der Waals surface area contributed by atoms with Crippen LogP contribution in [-0.2, 0) is 9.47 Å². The molecular formula is C20H21N3O2. The molecule has 0 aliphatic carbocycles. The van der Waals surface area contributed by atoms with E-state index in [0.29, 0.717) is 19.8 Å². The van der Waals surface area contributed by atoms with Gasteiger partial charge in [-0.25, -0.2) is 4.98 Å². The van der Waals surface area contributed by atoms with E-state index >= 15 is 0 Å². The average Bonchev–Trinajstić information content (AvgIpc) is 3.32. The van der Waals surface area contributed by atoms with Crippen molar-refractivity contribution in [2.24, 2.45) is 0 Å². The molecule has 0 N–H and O–H groups in total. The fourth-order valence-corrected chi connectivity index (χ4v) is 3.31. The van der Waals surface area contributed by atoms with Gasteiger partial charge in [-0.3, -0.25) is 4.98 Å². The first-order chi connectivity index (χ1) is 12.4. The summed E-state index contributed by atoms with van der Waals surface area (Å²) in [5, 5.41) is 0. The van der Waals surface area contributed by atoms with E-state index in [1.54, 1.807) is 6.20 Å². The molecule has 0 bridgehead atoms. The molecular weight excluding hydrogens is 314 g/mol. The molecule has 128 valence electrons. The van der Waals surface area contributed by atoms with Gasteiger partial charge >= 0.3 is 0 Å². The van der Waals surface area contributed by atoms with Crippen LogP contribution in [0.15, 0.2) is 61.2 Å². The second-order valence-electron chi connectivity index (χ2n) is 6.08. The number of rotatable bonds is 5. The highest BCUT2D eigenvalue weighted by Gasteiger charge is 2.31. The molecule has 5 nitrogen and oxygen atoms in total. The van der Waals surface area contributed by atoms with Crippen molar-refractivity contribution in [2.45, 2.75) is 19.1 Å². The summed E-state index contributed by atoms with van der Waals surface area (Å²) in [7, 11) is 0. The van der Waals surface area contributed by atoms with Gasteiger partial charge in [-0.05, 0) is 24.1 Å². The van der Waals surface area contributed by atoms with Gasteiger partial charge in [0.2, 0.25) is 0 Å². The van der Waals surface area contributed by atoms with E-state index in [1.807, 2.05) is 31.6 Å². The second-order valence-corrected chi connectivity index (χ2v) is 6.08. The Morgan fingerprint density at radius 1 is 1.08 bits per heavy atom. The summed E-state index contributed by atoms with van der Waals surface area (Å²) in [6.07, 6.45) is 7.58. The number of pyridine rings is 1. The molecule has 0 unspecified atom stereocenters. The quantitative estimate of drug-likeness (QED) is 0.715. The van der Waals surface area contributed by atoms with Crippen LogP contribution in [0.4, 0.5) is 0 Å². The Kier molecular flexibility index (Phi) is 4.59. The smallest absolute Gasteiger partial charge is 0.140 e. The maximum absolute atomic E-state index is 5.83. The number of imidazole rings is 1. The molecule has 25 heavy (non-hydrogen) atoms. The fourth-order valence-electron chi connectivity index (χ4n) is 3.31. The van der Waals surface area contributed by atoms with Crippen LogP contribution in [0.1, 0.15) is 13.0 Å². The molecule has 2 atom stereocenters. The predicted molar refractivity (Wildman–Crippen MR) is 96.2 cm³/mol. The zero-order valence-electron chi connectivity index (χ0n) is 14.2. The highest BCUT2D eigenvalue weighted by Crippen LogP contribution is 2.29. The topological polar surface area (TPSA) is 49.2 Å². The van der Waals surface area contributed by atoms with E-state index in [1.165, 1.54) is 0 Å². The Morgan fingerprint density at radius 3 is 2.68 bits per heavy atom. The number of hydrogen-bond acceptors (Lipinski definition) is 4. The van der Waals surface area contributed by atoms with Crippen LogP contribution < -0.4 is 0 Å². The Bertz CT molecular complexity index is 814. The molecule has 3 heterocycles. The van der Waals surface area contributed by atoms with Crippen LogP contribution in [0.3, 0.4) is 0 Å². The summed E-state index contributed by atoms with van der Waals surface area (Å²) in [6, 6.07) is 12.6. The van der Waals surface area contributed by atoms with Crippen molar-refractivity contribution in [3.63, 3.8) is 0 Å². The van der Waals surface area contributed by atoms with E-state index < -0.39 is 0 Å². The maximum atomic E-state index is 5.83. The van der Waals surface area contributed by atoms with Gasteiger partial charge in [0, 0.05) is 37.0 Å². The number of ether oxygens (including phenoxy) is 2. The Balaban J connectivity index is 1.62. The Labute approximate surface area is 147 Å². The molecule has 1 aromatic carbocycles. The van der Waals surface area contributed by atoms with Crippen LogP contribution in [0, 0.1) is 0 Å². The van der Waals surface area contributed by atoms with Crippen molar-refractivity contribution in [1.29, 1.82) is 0 Å². The lowest BCUT2D eigenvalue weighted by Crippen LogP contribution is -2.25. The highest BCUT2D eigenvalue weighted by atomic mass is 16.5. The first-order valence-electron chi connectivity index (χ1n) is 8.60. The number of nitrogens with zero attached hydrogens (tertiary/aromatic N) is 3. The molecule has 2 aromatic heterocycles. The molecule has 0 spiro atoms. The fraction of sp³-hybridized carbons (Fsp3) is 0.300. The van der Waals surface area contributed by atoms with Gasteiger partial charge in [0.05, 0.1) is 19.3 Å². The van der Waals surface area contributed by atoms with E-state index in [4.69, 9.17) is 9.47 Å². The predicted octanol–water partition coefficient (Wildman–Crippen LogP) is 3.59. The lowest BCUT2D eigenvalue weighted by atomic mass is 10.1. The van der Waals surface area contributed by atoms with Crippen molar-refractivity contribution in [3.05, 3.63) is 61.2 Å². The van der Waals surface area contributed by atoms with E-state index in [9.17, 15) is 0 Å². The third-order valence-corrected chi connectivity index (χ3v) is 4.54. The third kappa shape index (κ3) is 3.21. The highest BCUT2D eigenvalue weighted by molar-refractivity contribution is 5.67. The average molecular weight is 335 g/mol. The van der Waals surface area contributed by atoms with Gasteiger partial charge in [-0.1, -0.05) is 30.3 Å². The minimum absolute atomic E-state index is 0.0765. The molecule has 0 saturated carbocycles. The first kappa shape index (κ1) is 16.0. The Hall–Kier alpha value is -2.50. The molecule has 1 fully saturated rings. The SMILES string of the molecule is CCO[C@H]1COC[C@@H]1n1ccnc1-c1ccc(-c2cccnc2)cc1. The lowest BCUT2D eigenvalue weighted by Gasteiger charge is -2.21. The molecule has 0 radical (unpaired) electrons. The standard InChI is InChI=1S/C20H21N3O2/c1-2-25-19-14-24-13-18(19)23-11-10-22-20(23)16-7-5-15(6-8-16)17-4-3-9-21-12-17/h3-12,18-19H,2,13-14H2,1H3/t18-,19-/m0/s1. The molecule has 4 rings (SSSR count). The summed E-state index contributed by atoms with van der Waals surface area (Å²) in [5.74, 6) is 0.943. The number of benzene rings is 1. The number of hydrogen-bond donors (Lipinski definition) is 0. The minimum atomic E-state index is 0.0765. The van der Waals surface area contributed by atoms with Gasteiger partial charge in [0.25, 0.3) is 0 Å². The van der Waals surface area contributed by atoms with Crippen LogP contribution in [0.2, 0.25) is 0 Å². The van der Waals surface area contributed by atoms with Crippen LogP contribution >= 0.6 is 0 Å². The van der Waals surface area contributed by atoms with Gasteiger partial charge in [-0.15, -0.1) is 0 Å². The Morgan fingerprint density at radius 2 is 1.92 bits per heavy atom. The maximum Gasteiger partial charge on any atom is 0.140 e. The number of aromatic nitrogens is 3. The van der Waals surface area contributed by atoms with Gasteiger partial charge in [0.15, 0.2) is 0 Å². The zero-order valence-corrected chi connectivity index (χ0v) is 14.2. The molecule has 1 aliphatic heterocycles. The molecule has 5 heteroatoms. The molecule has 1 aliphatic rings. The zero-order chi connectivity index (χ0) is 17.1. The van der Waals surface area contributed by atoms with E-state index in [0.717, 1.165) is 22.5 Å². The molecule has 0 amide bonds. The van der Waals surface area contributed by atoms with Crippen molar-refractivity contribution in [3.8, 4) is 22.5 Å². The van der Waals surface area contributed by atoms with Crippen LogP contribution in [0.5, 0.6) is 0 Å². The summed E-state index contributed by atoms with van der Waals surface area (Å²) < 4.78 is 13.6. The summed E-state index contributed by atoms with van der Waals surface area (Å²) in [4.78, 5) is 8.75. The van der Waals surface area contributed by atoms with Gasteiger partial charge in [0.1, 0.15) is 11.9 Å². The van der Waals surface area contributed by atoms with Crippen LogP contribution in [-0.4, -0.2) is 40.5 Å². The monoisotopic (exact) mass is 335 g/mol. The summed E-state index contributed by atoms with van der Waals surface area (Å²) in [6.45, 7) is 3.99. The molecule has 3 aromatic rings. The normalized spacial score (nSPS) is 20.0. The van der Waals surface area contributed by atoms with Crippen molar-refractivity contribution >= 4 is 0 Å². The van der Waals surface area contributed by atoms with Crippen molar-refractivity contribution in [1.82, 2.24) is 14.5 Å². The second kappa shape index (κ2) is 7.17. The van der Waals surface area contributed by atoms with E-state index in [2.05, 4.69) is 44.9 Å². The summed E-state index contributed by atoms with van der Waals surface area (Å²) >= 11 is 0. The van der Waals surface area contributed by atoms with Crippen LogP contribution in [0.25, 0.3) is 22.5 Å². The molecule has 1 saturated heterocycles. The van der Waals surface area contributed by atoms with E-state index in [-0.39, 0.29) is 12.1 Å². The third-order valence-electron chi connectivity index (χ3n) is 4.54. The first-order valence-corrected chi connectivity index (χ1v) is 8.60. The lowest BCUT2D eigenvalue weighted by molar-refractivity contribution is 0.0364. The van der Waals surface area contributed by atoms with Gasteiger partial charge < -0.3 is 14.0 Å². The largest absolute Gasteiger partial charge is 0.376 e. The van der Waals surface area contributed by atoms with Crippen molar-refractivity contribution < 1.29 is 9.47 Å². The van der Waals surface area contributed by atoms with Crippen molar-refractivity contribution in [2.75, 3.05) is 19.8 Å². The minimum Gasteiger partial charge on any atom is -0.376 e.